The molecule has 0 fully saturated rings. The van der Waals surface area contributed by atoms with Crippen LogP contribution in [0.25, 0.3) is 22.3 Å². The van der Waals surface area contributed by atoms with Crippen LogP contribution in [0.5, 0.6) is 0 Å². The molecule has 5 rings (SSSR count). The van der Waals surface area contributed by atoms with E-state index in [0.29, 0.717) is 0 Å². The maximum Gasteiger partial charge on any atom is 0.0378 e. The molecule has 3 aromatic carbocycles. The van der Waals surface area contributed by atoms with Crippen molar-refractivity contribution in [3.8, 4) is 22.3 Å². The molecule has 0 atom stereocenters. The second-order valence-corrected chi connectivity index (χ2v) is 6.53. The molecule has 23 heavy (non-hydrogen) atoms. The maximum absolute atomic E-state index is 3.56. The van der Waals surface area contributed by atoms with Crippen LogP contribution in [0.3, 0.4) is 0 Å². The van der Waals surface area contributed by atoms with E-state index in [9.17, 15) is 0 Å². The van der Waals surface area contributed by atoms with Crippen molar-refractivity contribution in [3.05, 3.63) is 77.4 Å². The van der Waals surface area contributed by atoms with E-state index < -0.39 is 0 Å². The number of fused-ring (bicyclic) bond motifs is 4. The van der Waals surface area contributed by atoms with Crippen molar-refractivity contribution in [2.45, 2.75) is 19.3 Å². The van der Waals surface area contributed by atoms with E-state index >= 15 is 0 Å². The lowest BCUT2D eigenvalue weighted by atomic mass is 9.89. The number of rotatable bonds is 1. The molecule has 1 aliphatic carbocycles. The molecule has 0 saturated heterocycles. The van der Waals surface area contributed by atoms with Gasteiger partial charge >= 0.3 is 0 Å². The standard InChI is InChI=1S/C22H19N/c1-2-7-16-15(6-1)14-21-17(16)8-3-9-19(21)18-10-4-12-22-20(18)11-5-13-23-22/h1-4,6-10,12,23H,5,11,13-14H2. The fourth-order valence-corrected chi connectivity index (χ4v) is 4.17. The Morgan fingerprint density at radius 2 is 1.35 bits per heavy atom. The highest BCUT2D eigenvalue weighted by Gasteiger charge is 2.23. The van der Waals surface area contributed by atoms with Crippen LogP contribution in [0.2, 0.25) is 0 Å². The first-order valence-corrected chi connectivity index (χ1v) is 8.48. The molecule has 0 unspecified atom stereocenters. The molecule has 0 amide bonds. The van der Waals surface area contributed by atoms with Crippen LogP contribution in [0.4, 0.5) is 5.69 Å². The zero-order valence-electron chi connectivity index (χ0n) is 13.1. The van der Waals surface area contributed by atoms with E-state index in [1.165, 1.54) is 57.5 Å². The average molecular weight is 297 g/mol. The topological polar surface area (TPSA) is 12.0 Å². The smallest absolute Gasteiger partial charge is 0.0378 e. The summed E-state index contributed by atoms with van der Waals surface area (Å²) in [5, 5.41) is 3.56. The van der Waals surface area contributed by atoms with Crippen molar-refractivity contribution in [3.63, 3.8) is 0 Å². The second-order valence-electron chi connectivity index (χ2n) is 6.53. The molecule has 0 spiro atoms. The Bertz CT molecular complexity index is 908. The quantitative estimate of drug-likeness (QED) is 0.504. The lowest BCUT2D eigenvalue weighted by Crippen LogP contribution is -2.12. The third-order valence-corrected chi connectivity index (χ3v) is 5.24. The molecule has 1 nitrogen and oxygen atoms in total. The van der Waals surface area contributed by atoms with Crippen LogP contribution in [0.15, 0.2) is 60.7 Å². The van der Waals surface area contributed by atoms with E-state index in [0.717, 1.165) is 13.0 Å². The second kappa shape index (κ2) is 4.99. The van der Waals surface area contributed by atoms with Crippen molar-refractivity contribution in [1.29, 1.82) is 0 Å². The molecule has 3 aromatic rings. The molecule has 0 saturated carbocycles. The largest absolute Gasteiger partial charge is 0.385 e. The third-order valence-electron chi connectivity index (χ3n) is 5.24. The summed E-state index contributed by atoms with van der Waals surface area (Å²) in [6.07, 6.45) is 3.45. The van der Waals surface area contributed by atoms with Gasteiger partial charge in [-0.2, -0.15) is 0 Å². The van der Waals surface area contributed by atoms with Gasteiger partial charge in [0.15, 0.2) is 0 Å². The van der Waals surface area contributed by atoms with Crippen molar-refractivity contribution in [2.24, 2.45) is 0 Å². The van der Waals surface area contributed by atoms with Crippen LogP contribution < -0.4 is 5.32 Å². The van der Waals surface area contributed by atoms with Crippen LogP contribution >= 0.6 is 0 Å². The predicted molar refractivity (Wildman–Crippen MR) is 96.9 cm³/mol. The summed E-state index contributed by atoms with van der Waals surface area (Å²) in [5.41, 5.74) is 11.4. The number of hydrogen-bond donors (Lipinski definition) is 1. The van der Waals surface area contributed by atoms with Crippen molar-refractivity contribution in [2.75, 3.05) is 11.9 Å². The molecular formula is C22H19N. The van der Waals surface area contributed by atoms with Gasteiger partial charge in [0.05, 0.1) is 0 Å². The molecule has 0 aromatic heterocycles. The Labute approximate surface area is 137 Å². The highest BCUT2D eigenvalue weighted by molar-refractivity contribution is 5.87. The van der Waals surface area contributed by atoms with Crippen molar-refractivity contribution in [1.82, 2.24) is 0 Å². The fourth-order valence-electron chi connectivity index (χ4n) is 4.17. The van der Waals surface area contributed by atoms with E-state index in [4.69, 9.17) is 0 Å². The minimum atomic E-state index is 1.05. The minimum absolute atomic E-state index is 1.05. The lowest BCUT2D eigenvalue weighted by molar-refractivity contribution is 0.832. The fraction of sp³-hybridized carbons (Fsp3) is 0.182. The molecule has 1 N–H and O–H groups in total. The summed E-state index contributed by atoms with van der Waals surface area (Å²) >= 11 is 0. The molecule has 0 radical (unpaired) electrons. The van der Waals surface area contributed by atoms with Gasteiger partial charge in [0, 0.05) is 12.2 Å². The summed E-state index contributed by atoms with van der Waals surface area (Å²) in [6.45, 7) is 1.09. The summed E-state index contributed by atoms with van der Waals surface area (Å²) in [4.78, 5) is 0. The van der Waals surface area contributed by atoms with Crippen LogP contribution in [-0.4, -0.2) is 6.54 Å². The minimum Gasteiger partial charge on any atom is -0.385 e. The maximum atomic E-state index is 3.56. The molecule has 1 aliphatic heterocycles. The van der Waals surface area contributed by atoms with Crippen molar-refractivity contribution < 1.29 is 0 Å². The first-order chi connectivity index (χ1) is 11.4. The Hall–Kier alpha value is -2.54. The van der Waals surface area contributed by atoms with E-state index in [1.54, 1.807) is 0 Å². The summed E-state index contributed by atoms with van der Waals surface area (Å²) in [7, 11) is 0. The molecular weight excluding hydrogens is 278 g/mol. The van der Waals surface area contributed by atoms with Crippen LogP contribution in [0.1, 0.15) is 23.1 Å². The Balaban J connectivity index is 1.73. The van der Waals surface area contributed by atoms with Gasteiger partial charge in [0.1, 0.15) is 0 Å². The molecule has 112 valence electrons. The zero-order chi connectivity index (χ0) is 15.2. The van der Waals surface area contributed by atoms with E-state index in [-0.39, 0.29) is 0 Å². The lowest BCUT2D eigenvalue weighted by Gasteiger charge is -2.22. The molecule has 2 aliphatic rings. The third kappa shape index (κ3) is 1.93. The van der Waals surface area contributed by atoms with E-state index in [1.807, 2.05) is 0 Å². The van der Waals surface area contributed by atoms with Gasteiger partial charge in [0.2, 0.25) is 0 Å². The van der Waals surface area contributed by atoms with Gasteiger partial charge in [-0.3, -0.25) is 0 Å². The number of hydrogen-bond acceptors (Lipinski definition) is 1. The number of nitrogens with one attached hydrogen (secondary N) is 1. The molecule has 1 heteroatoms. The number of benzene rings is 3. The van der Waals surface area contributed by atoms with Gasteiger partial charge in [0.25, 0.3) is 0 Å². The monoisotopic (exact) mass is 297 g/mol. The van der Waals surface area contributed by atoms with Gasteiger partial charge in [-0.05, 0) is 64.3 Å². The summed E-state index contributed by atoms with van der Waals surface area (Å²) < 4.78 is 0. The SMILES string of the molecule is c1ccc2c(c1)Cc1c-2cccc1-c1cccc2c1CCCN2. The first-order valence-electron chi connectivity index (χ1n) is 8.48. The van der Waals surface area contributed by atoms with Gasteiger partial charge in [-0.1, -0.05) is 54.6 Å². The normalized spacial score (nSPS) is 14.6. The van der Waals surface area contributed by atoms with Gasteiger partial charge < -0.3 is 5.32 Å². The van der Waals surface area contributed by atoms with Gasteiger partial charge in [-0.15, -0.1) is 0 Å². The average Bonchev–Trinajstić information content (AvgIpc) is 3.00. The van der Waals surface area contributed by atoms with E-state index in [2.05, 4.69) is 66.0 Å². The summed E-state index contributed by atoms with van der Waals surface area (Å²) in [5.74, 6) is 0. The van der Waals surface area contributed by atoms with Crippen LogP contribution in [0, 0.1) is 0 Å². The molecule has 1 heterocycles. The molecule has 0 bridgehead atoms. The van der Waals surface area contributed by atoms with Gasteiger partial charge in [-0.25, -0.2) is 0 Å². The van der Waals surface area contributed by atoms with Crippen molar-refractivity contribution >= 4 is 5.69 Å². The predicted octanol–water partition coefficient (Wildman–Crippen LogP) is 5.28. The summed E-state index contributed by atoms with van der Waals surface area (Å²) in [6, 6.07) is 22.3. The highest BCUT2D eigenvalue weighted by Crippen LogP contribution is 2.43. The first kappa shape index (κ1) is 13.0. The Morgan fingerprint density at radius 1 is 0.652 bits per heavy atom. The van der Waals surface area contributed by atoms with Crippen LogP contribution in [-0.2, 0) is 12.8 Å². The zero-order valence-corrected chi connectivity index (χ0v) is 13.1. The number of anilines is 1. The Morgan fingerprint density at radius 3 is 2.26 bits per heavy atom. The highest BCUT2D eigenvalue weighted by atomic mass is 14.9. The Kier molecular flexibility index (Phi) is 2.81.